The summed E-state index contributed by atoms with van der Waals surface area (Å²) in [5, 5.41) is 0. The Bertz CT molecular complexity index is 1650. The fourth-order valence-electron chi connectivity index (χ4n) is 5.68. The minimum Gasteiger partial charge on any atom is -0.277 e. The van der Waals surface area contributed by atoms with Crippen LogP contribution < -0.4 is 0 Å². The van der Waals surface area contributed by atoms with E-state index in [1.54, 1.807) is 34.8 Å². The summed E-state index contributed by atoms with van der Waals surface area (Å²) in [5.74, 6) is -1.09. The van der Waals surface area contributed by atoms with Crippen molar-refractivity contribution in [1.82, 2.24) is 9.80 Å². The molecule has 2 aliphatic heterocycles. The Morgan fingerprint density at radius 3 is 1.65 bits per heavy atom. The molecule has 0 atom stereocenters. The smallest absolute Gasteiger partial charge is 0.261 e. The Morgan fingerprint density at radius 2 is 1.11 bits per heavy atom. The van der Waals surface area contributed by atoms with Gasteiger partial charge in [-0.1, -0.05) is 38.1 Å². The third kappa shape index (κ3) is 2.69. The molecule has 182 valence electrons. The van der Waals surface area contributed by atoms with Gasteiger partial charge in [-0.3, -0.25) is 29.0 Å². The van der Waals surface area contributed by atoms with Crippen molar-refractivity contribution in [3.05, 3.63) is 81.2 Å². The maximum absolute atomic E-state index is 12.9. The van der Waals surface area contributed by atoms with Crippen LogP contribution in [0.2, 0.25) is 0 Å². The van der Waals surface area contributed by atoms with E-state index >= 15 is 0 Å². The molecule has 4 heterocycles. The number of carbonyl (C=O) groups is 4. The van der Waals surface area contributed by atoms with Gasteiger partial charge in [0, 0.05) is 55.7 Å². The first-order valence-corrected chi connectivity index (χ1v) is 13.4. The molecule has 2 aromatic carbocycles. The van der Waals surface area contributed by atoms with Crippen LogP contribution in [-0.2, 0) is 5.41 Å². The summed E-state index contributed by atoms with van der Waals surface area (Å²) in [4.78, 5) is 57.4. The quantitative estimate of drug-likeness (QED) is 0.306. The number of amides is 4. The average molecular weight is 525 g/mol. The van der Waals surface area contributed by atoms with E-state index in [9.17, 15) is 19.2 Å². The second-order valence-electron chi connectivity index (χ2n) is 10.1. The minimum atomic E-state index is -0.274. The third-order valence-corrected chi connectivity index (χ3v) is 10.4. The molecule has 0 saturated heterocycles. The van der Waals surface area contributed by atoms with Crippen molar-refractivity contribution in [3.8, 4) is 31.3 Å². The first-order valence-electron chi connectivity index (χ1n) is 11.8. The molecule has 4 amide bonds. The SMILES string of the molecule is CN1C(=O)c2cccc(-c3cc4c(s3)-c3cc(-c5cccc6c5C(=O)N(C)C6=O)sc3C4(C)C)c2C1=O. The predicted octanol–water partition coefficient (Wildman–Crippen LogP) is 5.90. The Balaban J connectivity index is 1.38. The zero-order valence-electron chi connectivity index (χ0n) is 20.5. The topological polar surface area (TPSA) is 74.8 Å². The molecule has 0 radical (unpaired) electrons. The molecule has 1 aliphatic carbocycles. The molecule has 0 fully saturated rings. The van der Waals surface area contributed by atoms with E-state index in [-0.39, 0.29) is 29.0 Å². The van der Waals surface area contributed by atoms with E-state index < -0.39 is 0 Å². The van der Waals surface area contributed by atoms with Gasteiger partial charge in [-0.2, -0.15) is 0 Å². The minimum absolute atomic E-state index is 0.272. The molecule has 4 aromatic rings. The molecule has 0 N–H and O–H groups in total. The zero-order valence-corrected chi connectivity index (χ0v) is 22.1. The van der Waals surface area contributed by atoms with E-state index in [1.807, 2.05) is 24.3 Å². The van der Waals surface area contributed by atoms with Crippen molar-refractivity contribution in [2.75, 3.05) is 14.1 Å². The highest BCUT2D eigenvalue weighted by Crippen LogP contribution is 2.58. The molecule has 0 bridgehead atoms. The maximum atomic E-state index is 12.9. The van der Waals surface area contributed by atoms with Crippen molar-refractivity contribution < 1.29 is 19.2 Å². The number of thiophene rings is 2. The number of rotatable bonds is 2. The molecule has 2 aromatic heterocycles. The molecule has 3 aliphatic rings. The molecule has 0 spiro atoms. The summed E-state index contributed by atoms with van der Waals surface area (Å²) >= 11 is 3.28. The van der Waals surface area contributed by atoms with Crippen molar-refractivity contribution in [1.29, 1.82) is 0 Å². The third-order valence-electron chi connectivity index (χ3n) is 7.72. The second kappa shape index (κ2) is 7.12. The van der Waals surface area contributed by atoms with Crippen molar-refractivity contribution in [2.45, 2.75) is 19.3 Å². The van der Waals surface area contributed by atoms with Gasteiger partial charge in [0.15, 0.2) is 0 Å². The summed E-state index contributed by atoms with van der Waals surface area (Å²) in [7, 11) is 3.03. The Labute approximate surface area is 220 Å². The van der Waals surface area contributed by atoms with Gasteiger partial charge in [0.2, 0.25) is 0 Å². The summed E-state index contributed by atoms with van der Waals surface area (Å²) in [5.41, 5.74) is 5.40. The fourth-order valence-corrected chi connectivity index (χ4v) is 8.43. The monoisotopic (exact) mass is 524 g/mol. The van der Waals surface area contributed by atoms with E-state index in [1.165, 1.54) is 34.3 Å². The van der Waals surface area contributed by atoms with Gasteiger partial charge in [-0.05, 0) is 29.8 Å². The number of hydrogen-bond acceptors (Lipinski definition) is 6. The van der Waals surface area contributed by atoms with Crippen molar-refractivity contribution in [3.63, 3.8) is 0 Å². The molecular formula is C29H20N2O4S2. The lowest BCUT2D eigenvalue weighted by molar-refractivity contribution is 0.0678. The lowest BCUT2D eigenvalue weighted by atomic mass is 9.88. The highest BCUT2D eigenvalue weighted by molar-refractivity contribution is 7.21. The van der Waals surface area contributed by atoms with Crippen molar-refractivity contribution in [2.24, 2.45) is 0 Å². The van der Waals surface area contributed by atoms with Crippen LogP contribution in [0, 0.1) is 0 Å². The highest BCUT2D eigenvalue weighted by atomic mass is 32.1. The molecule has 6 nitrogen and oxygen atoms in total. The van der Waals surface area contributed by atoms with Crippen LogP contribution in [0.15, 0.2) is 48.5 Å². The van der Waals surface area contributed by atoms with Crippen LogP contribution in [0.3, 0.4) is 0 Å². The van der Waals surface area contributed by atoms with Gasteiger partial charge in [0.1, 0.15) is 0 Å². The van der Waals surface area contributed by atoms with E-state index in [2.05, 4.69) is 26.0 Å². The summed E-state index contributed by atoms with van der Waals surface area (Å²) < 4.78 is 0. The lowest BCUT2D eigenvalue weighted by Gasteiger charge is -2.18. The zero-order chi connectivity index (χ0) is 26.0. The first kappa shape index (κ1) is 22.3. The summed E-state index contributed by atoms with van der Waals surface area (Å²) in [6, 6.07) is 15.2. The second-order valence-corrected chi connectivity index (χ2v) is 12.2. The molecule has 0 saturated carbocycles. The fraction of sp³-hybridized carbons (Fsp3) is 0.172. The van der Waals surface area contributed by atoms with Crippen LogP contribution in [0.1, 0.15) is 65.7 Å². The van der Waals surface area contributed by atoms with Gasteiger partial charge >= 0.3 is 0 Å². The number of carbonyl (C=O) groups excluding carboxylic acids is 4. The van der Waals surface area contributed by atoms with Crippen LogP contribution in [-0.4, -0.2) is 47.5 Å². The molecule has 0 unspecified atom stereocenters. The highest BCUT2D eigenvalue weighted by Gasteiger charge is 2.42. The van der Waals surface area contributed by atoms with E-state index in [4.69, 9.17) is 0 Å². The van der Waals surface area contributed by atoms with Crippen LogP contribution >= 0.6 is 22.7 Å². The Hall–Kier alpha value is -3.88. The van der Waals surface area contributed by atoms with Gasteiger partial charge in [-0.15, -0.1) is 22.7 Å². The normalized spacial score (nSPS) is 17.0. The molecule has 8 heteroatoms. The van der Waals surface area contributed by atoms with Crippen molar-refractivity contribution >= 4 is 46.3 Å². The average Bonchev–Trinajstić information content (AvgIpc) is 3.66. The molecular weight excluding hydrogens is 504 g/mol. The Kier molecular flexibility index (Phi) is 4.29. The largest absolute Gasteiger partial charge is 0.277 e. The van der Waals surface area contributed by atoms with Gasteiger partial charge in [-0.25, -0.2) is 0 Å². The lowest BCUT2D eigenvalue weighted by Crippen LogP contribution is -2.24. The van der Waals surface area contributed by atoms with Crippen LogP contribution in [0.25, 0.3) is 31.3 Å². The maximum Gasteiger partial charge on any atom is 0.261 e. The summed E-state index contributed by atoms with van der Waals surface area (Å²) in [6.45, 7) is 4.37. The number of fused-ring (bicyclic) bond motifs is 5. The molecule has 37 heavy (non-hydrogen) atoms. The van der Waals surface area contributed by atoms with Gasteiger partial charge < -0.3 is 0 Å². The summed E-state index contributed by atoms with van der Waals surface area (Å²) in [6.07, 6.45) is 0. The Morgan fingerprint density at radius 1 is 0.622 bits per heavy atom. The number of benzene rings is 2. The number of imide groups is 2. The standard InChI is InChI=1S/C29H20N2O4S2/c1-29(2)18-12-20(14-8-6-10-16-22(14)28(35)31(4)26(16)33)36-23(18)17-11-19(37-24(17)29)13-7-5-9-15-21(13)27(34)30(3)25(15)32/h5-12H,1-4H3. The number of nitrogens with zero attached hydrogens (tertiary/aromatic N) is 2. The van der Waals surface area contributed by atoms with Gasteiger partial charge in [0.05, 0.1) is 22.3 Å². The number of hydrogen-bond donors (Lipinski definition) is 0. The predicted molar refractivity (Wildman–Crippen MR) is 143 cm³/mol. The molecule has 7 rings (SSSR count). The van der Waals surface area contributed by atoms with E-state index in [0.29, 0.717) is 22.3 Å². The van der Waals surface area contributed by atoms with Crippen LogP contribution in [0.5, 0.6) is 0 Å². The van der Waals surface area contributed by atoms with Crippen LogP contribution in [0.4, 0.5) is 0 Å². The van der Waals surface area contributed by atoms with Gasteiger partial charge in [0.25, 0.3) is 23.6 Å². The first-order chi connectivity index (χ1) is 17.6. The van der Waals surface area contributed by atoms with E-state index in [0.717, 1.165) is 31.3 Å².